The lowest BCUT2D eigenvalue weighted by molar-refractivity contribution is 0.148. The molecule has 0 saturated carbocycles. The van der Waals surface area contributed by atoms with Crippen LogP contribution in [-0.2, 0) is 0 Å². The number of aromatic hydroxyl groups is 1. The molecule has 0 aliphatic heterocycles. The molecule has 0 unspecified atom stereocenters. The molecule has 1 aromatic heterocycles. The number of alkyl halides is 2. The van der Waals surface area contributed by atoms with E-state index in [-0.39, 0.29) is 9.39 Å². The fourth-order valence-corrected chi connectivity index (χ4v) is 1.17. The Bertz CT molecular complexity index is 306. The van der Waals surface area contributed by atoms with Crippen LogP contribution in [0.25, 0.3) is 0 Å². The van der Waals surface area contributed by atoms with E-state index in [1.165, 1.54) is 0 Å². The van der Waals surface area contributed by atoms with Crippen LogP contribution in [0, 0.1) is 3.70 Å². The average Bonchev–Trinajstić information content (AvgIpc) is 1.97. The number of rotatable bonds is 1. The maximum Gasteiger partial charge on any atom is 0.269 e. The minimum atomic E-state index is -2.78. The molecule has 3 N–H and O–H groups in total. The Morgan fingerprint density at radius 1 is 1.58 bits per heavy atom. The molecule has 0 saturated heterocycles. The zero-order valence-corrected chi connectivity index (χ0v) is 7.92. The Hall–Kier alpha value is -0.660. The monoisotopic (exact) mass is 286 g/mol. The van der Waals surface area contributed by atoms with Gasteiger partial charge in [0.2, 0.25) is 0 Å². The molecule has 3 nitrogen and oxygen atoms in total. The molecule has 6 heteroatoms. The zero-order valence-electron chi connectivity index (χ0n) is 5.76. The van der Waals surface area contributed by atoms with Crippen molar-refractivity contribution in [3.63, 3.8) is 0 Å². The second-order valence-electron chi connectivity index (χ2n) is 2.06. The molecule has 66 valence electrons. The van der Waals surface area contributed by atoms with Crippen LogP contribution in [-0.4, -0.2) is 10.1 Å². The molecule has 0 aliphatic rings. The number of nitrogen functional groups attached to an aromatic ring is 1. The third-order valence-corrected chi connectivity index (χ3v) is 2.17. The van der Waals surface area contributed by atoms with Gasteiger partial charge in [0.05, 0.1) is 17.4 Å². The van der Waals surface area contributed by atoms with Crippen LogP contribution in [0.3, 0.4) is 0 Å². The van der Waals surface area contributed by atoms with Gasteiger partial charge in [0.1, 0.15) is 9.45 Å². The normalized spacial score (nSPS) is 10.7. The Morgan fingerprint density at radius 2 is 2.17 bits per heavy atom. The first-order valence-electron chi connectivity index (χ1n) is 2.95. The maximum atomic E-state index is 12.2. The molecule has 0 atom stereocenters. The number of anilines is 1. The first kappa shape index (κ1) is 9.43. The Labute approximate surface area is 80.7 Å². The van der Waals surface area contributed by atoms with Gasteiger partial charge in [0, 0.05) is 0 Å². The largest absolute Gasteiger partial charge is 0.506 e. The number of hydrogen-bond acceptors (Lipinski definition) is 3. The summed E-state index contributed by atoms with van der Waals surface area (Å²) in [5, 5.41) is 8.96. The van der Waals surface area contributed by atoms with Crippen molar-refractivity contribution in [2.45, 2.75) is 6.43 Å². The van der Waals surface area contributed by atoms with E-state index in [1.54, 1.807) is 22.6 Å². The molecule has 0 radical (unpaired) electrons. The maximum absolute atomic E-state index is 12.2. The smallest absolute Gasteiger partial charge is 0.269 e. The van der Waals surface area contributed by atoms with E-state index in [0.29, 0.717) is 0 Å². The fraction of sp³-hybridized carbons (Fsp3) is 0.167. The fourth-order valence-electron chi connectivity index (χ4n) is 0.735. The highest BCUT2D eigenvalue weighted by Gasteiger charge is 2.18. The van der Waals surface area contributed by atoms with Crippen LogP contribution in [0.4, 0.5) is 14.5 Å². The van der Waals surface area contributed by atoms with Crippen LogP contribution in [0.15, 0.2) is 6.20 Å². The van der Waals surface area contributed by atoms with Gasteiger partial charge in [-0.1, -0.05) is 0 Å². The third kappa shape index (κ3) is 1.57. The van der Waals surface area contributed by atoms with Crippen molar-refractivity contribution in [2.75, 3.05) is 5.73 Å². The number of nitrogens with zero attached hydrogens (tertiary/aromatic N) is 1. The van der Waals surface area contributed by atoms with Gasteiger partial charge in [0.25, 0.3) is 6.43 Å². The number of hydrogen-bond donors (Lipinski definition) is 2. The first-order valence-corrected chi connectivity index (χ1v) is 4.03. The van der Waals surface area contributed by atoms with Gasteiger partial charge in [-0.3, -0.25) is 0 Å². The first-order chi connectivity index (χ1) is 5.54. The summed E-state index contributed by atoms with van der Waals surface area (Å²) in [5.74, 6) is -0.567. The van der Waals surface area contributed by atoms with Gasteiger partial charge in [-0.15, -0.1) is 0 Å². The highest BCUT2D eigenvalue weighted by molar-refractivity contribution is 14.1. The molecule has 0 fully saturated rings. The highest BCUT2D eigenvalue weighted by atomic mass is 127. The van der Waals surface area contributed by atoms with Crippen molar-refractivity contribution in [3.05, 3.63) is 15.5 Å². The summed E-state index contributed by atoms with van der Waals surface area (Å²) >= 11 is 1.72. The summed E-state index contributed by atoms with van der Waals surface area (Å²) in [5.41, 5.74) is 4.57. The van der Waals surface area contributed by atoms with Gasteiger partial charge in [-0.05, 0) is 22.6 Å². The summed E-state index contributed by atoms with van der Waals surface area (Å²) in [6, 6.07) is 0. The number of aromatic nitrogens is 1. The van der Waals surface area contributed by atoms with E-state index in [9.17, 15) is 8.78 Å². The average molecular weight is 286 g/mol. The molecule has 0 spiro atoms. The van der Waals surface area contributed by atoms with Crippen molar-refractivity contribution >= 4 is 28.3 Å². The van der Waals surface area contributed by atoms with Crippen LogP contribution in [0.5, 0.6) is 5.75 Å². The number of pyridine rings is 1. The minimum Gasteiger partial charge on any atom is -0.506 e. The summed E-state index contributed by atoms with van der Waals surface area (Å²) in [7, 11) is 0. The van der Waals surface area contributed by atoms with Crippen molar-refractivity contribution in [1.29, 1.82) is 0 Å². The Kier molecular flexibility index (Phi) is 2.65. The van der Waals surface area contributed by atoms with Crippen LogP contribution in [0.1, 0.15) is 12.0 Å². The quantitative estimate of drug-likeness (QED) is 0.612. The SMILES string of the molecule is Nc1c(I)ncc(O)c1C(F)F. The second kappa shape index (κ2) is 3.38. The standard InChI is InChI=1S/C6H5F2IN2O/c7-5(8)3-2(12)1-11-6(9)4(3)10/h1,5,12H,10H2. The molecule has 0 bridgehead atoms. The summed E-state index contributed by atoms with van der Waals surface area (Å²) in [6.45, 7) is 0. The van der Waals surface area contributed by atoms with E-state index in [2.05, 4.69) is 4.98 Å². The minimum absolute atomic E-state index is 0.161. The molecular formula is C6H5F2IN2O. The molecule has 1 heterocycles. The van der Waals surface area contributed by atoms with Crippen LogP contribution in [0.2, 0.25) is 0 Å². The number of halogens is 3. The Morgan fingerprint density at radius 3 is 2.58 bits per heavy atom. The molecule has 1 rings (SSSR count). The molecule has 0 aromatic carbocycles. The molecule has 0 aliphatic carbocycles. The highest BCUT2D eigenvalue weighted by Crippen LogP contribution is 2.34. The van der Waals surface area contributed by atoms with Crippen molar-refractivity contribution in [3.8, 4) is 5.75 Å². The molecule has 12 heavy (non-hydrogen) atoms. The molecule has 0 amide bonds. The van der Waals surface area contributed by atoms with Gasteiger partial charge < -0.3 is 10.8 Å². The van der Waals surface area contributed by atoms with E-state index >= 15 is 0 Å². The van der Waals surface area contributed by atoms with Crippen molar-refractivity contribution < 1.29 is 13.9 Å². The lowest BCUT2D eigenvalue weighted by Gasteiger charge is -2.07. The molecule has 1 aromatic rings. The van der Waals surface area contributed by atoms with Crippen molar-refractivity contribution in [2.24, 2.45) is 0 Å². The lowest BCUT2D eigenvalue weighted by atomic mass is 10.2. The number of nitrogens with two attached hydrogens (primary N) is 1. The van der Waals surface area contributed by atoms with E-state index in [0.717, 1.165) is 6.20 Å². The Balaban J connectivity index is 3.33. The second-order valence-corrected chi connectivity index (χ2v) is 3.08. The van der Waals surface area contributed by atoms with Gasteiger partial charge in [-0.25, -0.2) is 13.8 Å². The predicted octanol–water partition coefficient (Wildman–Crippen LogP) is 1.91. The summed E-state index contributed by atoms with van der Waals surface area (Å²) in [6.07, 6.45) is -1.82. The van der Waals surface area contributed by atoms with Gasteiger partial charge in [-0.2, -0.15) is 0 Å². The van der Waals surface area contributed by atoms with Gasteiger partial charge >= 0.3 is 0 Å². The van der Waals surface area contributed by atoms with E-state index < -0.39 is 17.7 Å². The van der Waals surface area contributed by atoms with Crippen LogP contribution >= 0.6 is 22.6 Å². The zero-order chi connectivity index (χ0) is 9.30. The third-order valence-electron chi connectivity index (χ3n) is 1.31. The van der Waals surface area contributed by atoms with E-state index in [1.807, 2.05) is 0 Å². The van der Waals surface area contributed by atoms with Gasteiger partial charge in [0.15, 0.2) is 0 Å². The summed E-state index contributed by atoms with van der Waals surface area (Å²) in [4.78, 5) is 3.60. The lowest BCUT2D eigenvalue weighted by Crippen LogP contribution is -2.00. The molecular weight excluding hydrogens is 281 g/mol. The van der Waals surface area contributed by atoms with Crippen LogP contribution < -0.4 is 5.73 Å². The van der Waals surface area contributed by atoms with E-state index in [4.69, 9.17) is 10.8 Å². The van der Waals surface area contributed by atoms with Crippen molar-refractivity contribution in [1.82, 2.24) is 4.98 Å². The predicted molar refractivity (Wildman–Crippen MR) is 48.0 cm³/mol. The topological polar surface area (TPSA) is 59.1 Å². The summed E-state index contributed by atoms with van der Waals surface area (Å²) < 4.78 is 24.7.